The molecule has 1 unspecified atom stereocenters. The van der Waals surface area contributed by atoms with Gasteiger partial charge in [-0.3, -0.25) is 5.10 Å². The second-order valence-electron chi connectivity index (χ2n) is 4.36. The van der Waals surface area contributed by atoms with Gasteiger partial charge in [0.1, 0.15) is 0 Å². The Bertz CT molecular complexity index is 229. The lowest BCUT2D eigenvalue weighted by molar-refractivity contribution is 0.451. The molecule has 1 rings (SSSR count). The summed E-state index contributed by atoms with van der Waals surface area (Å²) in [5, 5.41) is 10.2. The summed E-state index contributed by atoms with van der Waals surface area (Å²) in [6.45, 7) is 7.68. The van der Waals surface area contributed by atoms with Crippen molar-refractivity contribution >= 4 is 0 Å². The predicted molar refractivity (Wildman–Crippen MR) is 59.0 cm³/mol. The molecule has 0 spiro atoms. The average molecular weight is 195 g/mol. The first-order chi connectivity index (χ1) is 6.68. The van der Waals surface area contributed by atoms with Crippen LogP contribution in [0.2, 0.25) is 0 Å². The summed E-state index contributed by atoms with van der Waals surface area (Å²) in [6.07, 6.45) is 6.33. The van der Waals surface area contributed by atoms with E-state index in [2.05, 4.69) is 36.3 Å². The second-order valence-corrected chi connectivity index (χ2v) is 4.36. The number of aromatic amines is 1. The van der Waals surface area contributed by atoms with E-state index < -0.39 is 0 Å². The quantitative estimate of drug-likeness (QED) is 0.731. The fourth-order valence-corrected chi connectivity index (χ4v) is 1.35. The Morgan fingerprint density at radius 1 is 1.36 bits per heavy atom. The van der Waals surface area contributed by atoms with Crippen LogP contribution in [0.4, 0.5) is 0 Å². The first-order valence-corrected chi connectivity index (χ1v) is 5.39. The van der Waals surface area contributed by atoms with Gasteiger partial charge in [-0.15, -0.1) is 0 Å². The fourth-order valence-electron chi connectivity index (χ4n) is 1.35. The lowest BCUT2D eigenvalue weighted by atomic mass is 10.0. The predicted octanol–water partition coefficient (Wildman–Crippen LogP) is 2.32. The highest BCUT2D eigenvalue weighted by Gasteiger charge is 2.03. The molecule has 0 amide bonds. The van der Waals surface area contributed by atoms with E-state index in [9.17, 15) is 0 Å². The SMILES string of the molecule is CC(C)CCC(C)NCc1cn[nH]c1. The number of rotatable bonds is 6. The van der Waals surface area contributed by atoms with Gasteiger partial charge >= 0.3 is 0 Å². The molecule has 3 heteroatoms. The topological polar surface area (TPSA) is 40.7 Å². The molecule has 1 heterocycles. The normalized spacial score (nSPS) is 13.4. The molecule has 0 saturated carbocycles. The minimum absolute atomic E-state index is 0.590. The molecule has 2 N–H and O–H groups in total. The maximum Gasteiger partial charge on any atom is 0.0532 e. The average Bonchev–Trinajstić information content (AvgIpc) is 2.63. The summed E-state index contributed by atoms with van der Waals surface area (Å²) in [5.74, 6) is 0.799. The van der Waals surface area contributed by atoms with E-state index in [1.807, 2.05) is 12.4 Å². The molecule has 1 aromatic heterocycles. The Hall–Kier alpha value is -0.830. The molecular weight excluding hydrogens is 174 g/mol. The second kappa shape index (κ2) is 5.81. The summed E-state index contributed by atoms with van der Waals surface area (Å²) in [7, 11) is 0. The maximum absolute atomic E-state index is 3.91. The van der Waals surface area contributed by atoms with E-state index in [0.717, 1.165) is 12.5 Å². The van der Waals surface area contributed by atoms with Crippen molar-refractivity contribution < 1.29 is 0 Å². The summed E-state index contributed by atoms with van der Waals surface area (Å²) in [4.78, 5) is 0. The number of nitrogens with zero attached hydrogens (tertiary/aromatic N) is 1. The van der Waals surface area contributed by atoms with Gasteiger partial charge in [-0.2, -0.15) is 5.10 Å². The van der Waals surface area contributed by atoms with E-state index in [4.69, 9.17) is 0 Å². The van der Waals surface area contributed by atoms with Crippen LogP contribution in [0.15, 0.2) is 12.4 Å². The highest BCUT2D eigenvalue weighted by molar-refractivity contribution is 5.01. The highest BCUT2D eigenvalue weighted by Crippen LogP contribution is 2.06. The first kappa shape index (κ1) is 11.2. The molecule has 1 aromatic rings. The van der Waals surface area contributed by atoms with Crippen LogP contribution in [-0.2, 0) is 6.54 Å². The zero-order chi connectivity index (χ0) is 10.4. The molecule has 0 aliphatic carbocycles. The van der Waals surface area contributed by atoms with Crippen LogP contribution < -0.4 is 5.32 Å². The smallest absolute Gasteiger partial charge is 0.0532 e. The minimum Gasteiger partial charge on any atom is -0.310 e. The van der Waals surface area contributed by atoms with Crippen molar-refractivity contribution in [3.63, 3.8) is 0 Å². The Morgan fingerprint density at radius 2 is 2.14 bits per heavy atom. The summed E-state index contributed by atoms with van der Waals surface area (Å²) >= 11 is 0. The molecule has 3 nitrogen and oxygen atoms in total. The van der Waals surface area contributed by atoms with Crippen LogP contribution in [-0.4, -0.2) is 16.2 Å². The molecular formula is C11H21N3. The van der Waals surface area contributed by atoms with Crippen LogP contribution in [0.5, 0.6) is 0 Å². The third-order valence-corrected chi connectivity index (χ3v) is 2.39. The van der Waals surface area contributed by atoms with Crippen molar-refractivity contribution in [3.8, 4) is 0 Å². The molecule has 0 aliphatic rings. The number of hydrogen-bond donors (Lipinski definition) is 2. The van der Waals surface area contributed by atoms with Gasteiger partial charge in [-0.05, 0) is 25.7 Å². The van der Waals surface area contributed by atoms with Gasteiger partial charge in [0, 0.05) is 24.3 Å². The van der Waals surface area contributed by atoms with E-state index in [1.54, 1.807) is 0 Å². The Morgan fingerprint density at radius 3 is 2.71 bits per heavy atom. The van der Waals surface area contributed by atoms with Crippen molar-refractivity contribution in [2.75, 3.05) is 0 Å². The lowest BCUT2D eigenvalue weighted by Crippen LogP contribution is -2.25. The van der Waals surface area contributed by atoms with Gasteiger partial charge in [0.15, 0.2) is 0 Å². The zero-order valence-corrected chi connectivity index (χ0v) is 9.38. The van der Waals surface area contributed by atoms with E-state index in [-0.39, 0.29) is 0 Å². The molecule has 0 aromatic carbocycles. The molecule has 0 aliphatic heterocycles. The third kappa shape index (κ3) is 4.42. The van der Waals surface area contributed by atoms with E-state index in [1.165, 1.54) is 18.4 Å². The Kier molecular flexibility index (Phi) is 4.66. The van der Waals surface area contributed by atoms with Crippen molar-refractivity contribution in [1.29, 1.82) is 0 Å². The molecule has 80 valence electrons. The van der Waals surface area contributed by atoms with Gasteiger partial charge in [0.25, 0.3) is 0 Å². The van der Waals surface area contributed by atoms with Crippen LogP contribution in [0.1, 0.15) is 39.2 Å². The third-order valence-electron chi connectivity index (χ3n) is 2.39. The van der Waals surface area contributed by atoms with Crippen molar-refractivity contribution in [3.05, 3.63) is 18.0 Å². The van der Waals surface area contributed by atoms with E-state index >= 15 is 0 Å². The molecule has 0 bridgehead atoms. The zero-order valence-electron chi connectivity index (χ0n) is 9.38. The molecule has 14 heavy (non-hydrogen) atoms. The van der Waals surface area contributed by atoms with Crippen LogP contribution in [0.3, 0.4) is 0 Å². The summed E-state index contributed by atoms with van der Waals surface area (Å²) in [6, 6.07) is 0.590. The number of H-pyrrole nitrogens is 1. The van der Waals surface area contributed by atoms with Crippen LogP contribution in [0.25, 0.3) is 0 Å². The largest absolute Gasteiger partial charge is 0.310 e. The van der Waals surface area contributed by atoms with Crippen LogP contribution in [0, 0.1) is 5.92 Å². The van der Waals surface area contributed by atoms with Crippen molar-refractivity contribution in [2.45, 2.75) is 46.2 Å². The number of nitrogens with one attached hydrogen (secondary N) is 2. The monoisotopic (exact) mass is 195 g/mol. The standard InChI is InChI=1S/C11H21N3/c1-9(2)4-5-10(3)12-6-11-7-13-14-8-11/h7-10,12H,4-6H2,1-3H3,(H,13,14). The first-order valence-electron chi connectivity index (χ1n) is 5.39. The van der Waals surface area contributed by atoms with Gasteiger partial charge in [0.2, 0.25) is 0 Å². The van der Waals surface area contributed by atoms with Gasteiger partial charge < -0.3 is 5.32 Å². The molecule has 0 radical (unpaired) electrons. The molecule has 0 saturated heterocycles. The van der Waals surface area contributed by atoms with Crippen LogP contribution >= 0.6 is 0 Å². The summed E-state index contributed by atoms with van der Waals surface area (Å²) < 4.78 is 0. The van der Waals surface area contributed by atoms with Crippen molar-refractivity contribution in [2.24, 2.45) is 5.92 Å². The minimum atomic E-state index is 0.590. The molecule has 0 fully saturated rings. The van der Waals surface area contributed by atoms with Crippen molar-refractivity contribution in [1.82, 2.24) is 15.5 Å². The fraction of sp³-hybridized carbons (Fsp3) is 0.727. The summed E-state index contributed by atoms with van der Waals surface area (Å²) in [5.41, 5.74) is 1.22. The number of hydrogen-bond acceptors (Lipinski definition) is 2. The molecule has 1 atom stereocenters. The Labute approximate surface area is 86.3 Å². The van der Waals surface area contributed by atoms with Gasteiger partial charge in [-0.25, -0.2) is 0 Å². The van der Waals surface area contributed by atoms with E-state index in [0.29, 0.717) is 6.04 Å². The highest BCUT2D eigenvalue weighted by atomic mass is 15.1. The van der Waals surface area contributed by atoms with Gasteiger partial charge in [0.05, 0.1) is 6.20 Å². The van der Waals surface area contributed by atoms with Gasteiger partial charge in [-0.1, -0.05) is 13.8 Å². The lowest BCUT2D eigenvalue weighted by Gasteiger charge is -2.14. The maximum atomic E-state index is 3.91. The Balaban J connectivity index is 2.12. The number of aromatic nitrogens is 2.